The third-order valence-corrected chi connectivity index (χ3v) is 5.75. The number of carboxylic acids is 1. The van der Waals surface area contributed by atoms with Gasteiger partial charge in [0.1, 0.15) is 0 Å². The van der Waals surface area contributed by atoms with E-state index in [0.29, 0.717) is 51.9 Å². The number of carboxylic acid groups (broad SMARTS) is 1. The van der Waals surface area contributed by atoms with Gasteiger partial charge in [-0.3, -0.25) is 14.4 Å². The Kier molecular flexibility index (Phi) is 6.48. The number of carbonyl (C=O) groups is 3. The number of aryl methyl sites for hydroxylation is 1. The first kappa shape index (κ1) is 19.4. The van der Waals surface area contributed by atoms with E-state index in [2.05, 4.69) is 0 Å². The average molecular weight is 372 g/mol. The van der Waals surface area contributed by atoms with Crippen molar-refractivity contribution in [2.45, 2.75) is 38.5 Å². The van der Waals surface area contributed by atoms with E-state index < -0.39 is 11.9 Å². The number of carbonyl (C=O) groups excluding carboxylic acids is 2. The number of aliphatic carboxylic acids is 1. The Balaban J connectivity index is 1.44. The Morgan fingerprint density at radius 3 is 2.30 bits per heavy atom. The van der Waals surface area contributed by atoms with Crippen molar-refractivity contribution in [3.05, 3.63) is 35.9 Å². The van der Waals surface area contributed by atoms with E-state index in [-0.39, 0.29) is 17.7 Å². The van der Waals surface area contributed by atoms with Crippen LogP contribution in [0.3, 0.4) is 0 Å². The standard InChI is InChI=1S/C21H28N2O4/c24-19(9-8-16-5-2-1-3-6-16)22-13-10-17(11-14-22)20(25)23-12-4-7-18(15-23)21(26)27/h1-3,5-6,17-18H,4,7-15H2,(H,26,27). The van der Waals surface area contributed by atoms with Crippen molar-refractivity contribution in [1.29, 1.82) is 0 Å². The highest BCUT2D eigenvalue weighted by Crippen LogP contribution is 2.24. The number of piperidine rings is 2. The third kappa shape index (κ3) is 5.08. The number of rotatable bonds is 5. The fraction of sp³-hybridized carbons (Fsp3) is 0.571. The minimum atomic E-state index is -0.814. The highest BCUT2D eigenvalue weighted by molar-refractivity contribution is 5.81. The zero-order valence-corrected chi connectivity index (χ0v) is 15.7. The molecule has 0 bridgehead atoms. The first-order chi connectivity index (χ1) is 13.0. The summed E-state index contributed by atoms with van der Waals surface area (Å²) in [6.07, 6.45) is 3.97. The minimum Gasteiger partial charge on any atom is -0.481 e. The van der Waals surface area contributed by atoms with Gasteiger partial charge in [0.15, 0.2) is 0 Å². The number of benzene rings is 1. The van der Waals surface area contributed by atoms with Crippen molar-refractivity contribution in [3.63, 3.8) is 0 Å². The van der Waals surface area contributed by atoms with E-state index in [0.717, 1.165) is 18.4 Å². The van der Waals surface area contributed by atoms with Gasteiger partial charge < -0.3 is 14.9 Å². The van der Waals surface area contributed by atoms with E-state index in [1.165, 1.54) is 0 Å². The second-order valence-corrected chi connectivity index (χ2v) is 7.60. The average Bonchev–Trinajstić information content (AvgIpc) is 2.72. The van der Waals surface area contributed by atoms with Crippen molar-refractivity contribution in [2.24, 2.45) is 11.8 Å². The van der Waals surface area contributed by atoms with E-state index >= 15 is 0 Å². The molecule has 0 aromatic heterocycles. The van der Waals surface area contributed by atoms with E-state index in [1.807, 2.05) is 35.2 Å². The van der Waals surface area contributed by atoms with Crippen LogP contribution in [0, 0.1) is 11.8 Å². The van der Waals surface area contributed by atoms with Gasteiger partial charge in [-0.05, 0) is 37.7 Å². The second-order valence-electron chi connectivity index (χ2n) is 7.60. The van der Waals surface area contributed by atoms with Gasteiger partial charge in [0, 0.05) is 38.5 Å². The molecule has 1 aromatic rings. The first-order valence-corrected chi connectivity index (χ1v) is 9.88. The number of hydrogen-bond donors (Lipinski definition) is 1. The first-order valence-electron chi connectivity index (χ1n) is 9.88. The number of amides is 2. The molecule has 1 N–H and O–H groups in total. The highest BCUT2D eigenvalue weighted by atomic mass is 16.4. The van der Waals surface area contributed by atoms with E-state index in [4.69, 9.17) is 0 Å². The molecular formula is C21H28N2O4. The number of hydrogen-bond acceptors (Lipinski definition) is 3. The molecule has 0 saturated carbocycles. The van der Waals surface area contributed by atoms with Gasteiger partial charge in [0.2, 0.25) is 11.8 Å². The monoisotopic (exact) mass is 372 g/mol. The number of likely N-dealkylation sites (tertiary alicyclic amines) is 2. The Morgan fingerprint density at radius 2 is 1.63 bits per heavy atom. The predicted molar refractivity (Wildman–Crippen MR) is 101 cm³/mol. The largest absolute Gasteiger partial charge is 0.481 e. The fourth-order valence-corrected chi connectivity index (χ4v) is 4.07. The van der Waals surface area contributed by atoms with Gasteiger partial charge in [-0.2, -0.15) is 0 Å². The maximum Gasteiger partial charge on any atom is 0.308 e. The molecule has 27 heavy (non-hydrogen) atoms. The molecule has 6 heteroatoms. The lowest BCUT2D eigenvalue weighted by Crippen LogP contribution is -2.48. The lowest BCUT2D eigenvalue weighted by atomic mass is 9.92. The molecule has 0 aliphatic carbocycles. The van der Waals surface area contributed by atoms with Crippen LogP contribution in [0.2, 0.25) is 0 Å². The normalized spacial score (nSPS) is 21.1. The minimum absolute atomic E-state index is 0.0670. The molecule has 1 atom stereocenters. The van der Waals surface area contributed by atoms with Gasteiger partial charge in [-0.1, -0.05) is 30.3 Å². The quantitative estimate of drug-likeness (QED) is 0.859. The Morgan fingerprint density at radius 1 is 0.926 bits per heavy atom. The molecule has 3 rings (SSSR count). The fourth-order valence-electron chi connectivity index (χ4n) is 4.07. The van der Waals surface area contributed by atoms with Gasteiger partial charge in [0.25, 0.3) is 0 Å². The summed E-state index contributed by atoms with van der Waals surface area (Å²) >= 11 is 0. The van der Waals surface area contributed by atoms with Crippen LogP contribution < -0.4 is 0 Å². The van der Waals surface area contributed by atoms with Crippen molar-refractivity contribution in [2.75, 3.05) is 26.2 Å². The van der Waals surface area contributed by atoms with Crippen molar-refractivity contribution < 1.29 is 19.5 Å². The lowest BCUT2D eigenvalue weighted by molar-refractivity contribution is -0.148. The van der Waals surface area contributed by atoms with Crippen molar-refractivity contribution in [3.8, 4) is 0 Å². The summed E-state index contributed by atoms with van der Waals surface area (Å²) in [5, 5.41) is 9.19. The van der Waals surface area contributed by atoms with Crippen LogP contribution in [-0.4, -0.2) is 58.9 Å². The SMILES string of the molecule is O=C(O)C1CCCN(C(=O)C2CCN(C(=O)CCc3ccccc3)CC2)C1. The summed E-state index contributed by atoms with van der Waals surface area (Å²) in [4.78, 5) is 40.0. The topological polar surface area (TPSA) is 77.9 Å². The molecule has 2 heterocycles. The highest BCUT2D eigenvalue weighted by Gasteiger charge is 2.34. The molecular weight excluding hydrogens is 344 g/mol. The summed E-state index contributed by atoms with van der Waals surface area (Å²) < 4.78 is 0. The lowest BCUT2D eigenvalue weighted by Gasteiger charge is -2.37. The summed E-state index contributed by atoms with van der Waals surface area (Å²) in [6.45, 7) is 2.20. The molecule has 0 radical (unpaired) electrons. The van der Waals surface area contributed by atoms with Crippen LogP contribution in [0.5, 0.6) is 0 Å². The summed E-state index contributed by atoms with van der Waals surface area (Å²) in [5.74, 6) is -1.13. The Hall–Kier alpha value is -2.37. The number of nitrogens with zero attached hydrogens (tertiary/aromatic N) is 2. The van der Waals surface area contributed by atoms with Gasteiger partial charge in [-0.15, -0.1) is 0 Å². The molecule has 2 aliphatic heterocycles. The van der Waals surface area contributed by atoms with Crippen LogP contribution in [0.1, 0.15) is 37.7 Å². The van der Waals surface area contributed by atoms with Crippen molar-refractivity contribution >= 4 is 17.8 Å². The van der Waals surface area contributed by atoms with Crippen molar-refractivity contribution in [1.82, 2.24) is 9.80 Å². The molecule has 2 saturated heterocycles. The third-order valence-electron chi connectivity index (χ3n) is 5.75. The molecule has 2 fully saturated rings. The summed E-state index contributed by atoms with van der Waals surface area (Å²) in [6, 6.07) is 9.98. The van der Waals surface area contributed by atoms with Crippen LogP contribution in [0.25, 0.3) is 0 Å². The molecule has 1 aromatic carbocycles. The van der Waals surface area contributed by atoms with E-state index in [1.54, 1.807) is 4.90 Å². The van der Waals surface area contributed by atoms with Crippen LogP contribution in [-0.2, 0) is 20.8 Å². The molecule has 2 aliphatic rings. The predicted octanol–water partition coefficient (Wildman–Crippen LogP) is 2.18. The molecule has 2 amide bonds. The Labute approximate surface area is 160 Å². The van der Waals surface area contributed by atoms with Gasteiger partial charge >= 0.3 is 5.97 Å². The second kappa shape index (κ2) is 9.02. The molecule has 0 spiro atoms. The smallest absolute Gasteiger partial charge is 0.308 e. The van der Waals surface area contributed by atoms with E-state index in [9.17, 15) is 19.5 Å². The van der Waals surface area contributed by atoms with Crippen LogP contribution >= 0.6 is 0 Å². The van der Waals surface area contributed by atoms with Crippen LogP contribution in [0.4, 0.5) is 0 Å². The maximum absolute atomic E-state index is 12.7. The molecule has 6 nitrogen and oxygen atoms in total. The summed E-state index contributed by atoms with van der Waals surface area (Å²) in [7, 11) is 0. The maximum atomic E-state index is 12.7. The molecule has 146 valence electrons. The summed E-state index contributed by atoms with van der Waals surface area (Å²) in [5.41, 5.74) is 1.16. The van der Waals surface area contributed by atoms with Crippen LogP contribution in [0.15, 0.2) is 30.3 Å². The zero-order chi connectivity index (χ0) is 19.2. The zero-order valence-electron chi connectivity index (χ0n) is 15.7. The van der Waals surface area contributed by atoms with Gasteiger partial charge in [-0.25, -0.2) is 0 Å². The Bertz CT molecular complexity index is 668. The van der Waals surface area contributed by atoms with Gasteiger partial charge in [0.05, 0.1) is 5.92 Å². The molecule has 1 unspecified atom stereocenters.